The van der Waals surface area contributed by atoms with Crippen LogP contribution in [0, 0.1) is 11.3 Å². The van der Waals surface area contributed by atoms with Gasteiger partial charge < -0.3 is 11.5 Å². The van der Waals surface area contributed by atoms with E-state index >= 15 is 0 Å². The molecule has 0 saturated carbocycles. The van der Waals surface area contributed by atoms with Crippen LogP contribution in [-0.4, -0.2) is 6.26 Å². The van der Waals surface area contributed by atoms with Crippen LogP contribution in [0.5, 0.6) is 0 Å². The molecule has 4 N–H and O–H groups in total. The number of thioether (sulfide) groups is 1. The molecule has 1 aromatic rings. The van der Waals surface area contributed by atoms with Crippen LogP contribution in [0.2, 0.25) is 0 Å². The van der Waals surface area contributed by atoms with Crippen molar-refractivity contribution in [2.75, 3.05) is 17.7 Å². The molecular formula is C8H9N3S. The van der Waals surface area contributed by atoms with E-state index < -0.39 is 0 Å². The SMILES string of the molecule is CSc1ccc(N)c(N)c1C#N. The first-order valence-corrected chi connectivity index (χ1v) is 4.55. The molecule has 0 saturated heterocycles. The largest absolute Gasteiger partial charge is 0.397 e. The number of nitrogens with zero attached hydrogens (tertiary/aromatic N) is 1. The predicted molar refractivity (Wildman–Crippen MR) is 51.8 cm³/mol. The first-order chi connectivity index (χ1) is 5.70. The molecule has 0 aliphatic heterocycles. The molecule has 0 bridgehead atoms. The minimum absolute atomic E-state index is 0.379. The van der Waals surface area contributed by atoms with E-state index in [1.165, 1.54) is 11.8 Å². The average Bonchev–Trinajstić information content (AvgIpc) is 2.09. The molecule has 4 heteroatoms. The maximum absolute atomic E-state index is 8.76. The van der Waals surface area contributed by atoms with Crippen molar-refractivity contribution in [1.29, 1.82) is 5.26 Å². The Hall–Kier alpha value is -1.34. The molecule has 0 atom stereocenters. The molecule has 1 aromatic carbocycles. The summed E-state index contributed by atoms with van der Waals surface area (Å²) in [6.07, 6.45) is 1.89. The standard InChI is InChI=1S/C8H9N3S/c1-12-7-3-2-6(10)8(11)5(7)4-9/h2-3H,10-11H2,1H3. The average molecular weight is 179 g/mol. The number of nitrogens with two attached hydrogens (primary N) is 2. The van der Waals surface area contributed by atoms with Gasteiger partial charge in [0.1, 0.15) is 6.07 Å². The maximum Gasteiger partial charge on any atom is 0.103 e. The van der Waals surface area contributed by atoms with E-state index in [9.17, 15) is 0 Å². The van der Waals surface area contributed by atoms with Crippen molar-refractivity contribution in [3.63, 3.8) is 0 Å². The van der Waals surface area contributed by atoms with Crippen LogP contribution in [0.25, 0.3) is 0 Å². The van der Waals surface area contributed by atoms with Gasteiger partial charge in [0.15, 0.2) is 0 Å². The van der Waals surface area contributed by atoms with E-state index in [1.54, 1.807) is 12.1 Å². The van der Waals surface area contributed by atoms with Crippen LogP contribution in [-0.2, 0) is 0 Å². The second kappa shape index (κ2) is 3.37. The molecule has 0 aromatic heterocycles. The summed E-state index contributed by atoms with van der Waals surface area (Å²) >= 11 is 1.48. The third kappa shape index (κ3) is 1.31. The van der Waals surface area contributed by atoms with E-state index in [0.29, 0.717) is 16.9 Å². The zero-order valence-electron chi connectivity index (χ0n) is 6.66. The van der Waals surface area contributed by atoms with Gasteiger partial charge >= 0.3 is 0 Å². The van der Waals surface area contributed by atoms with Crippen molar-refractivity contribution < 1.29 is 0 Å². The summed E-state index contributed by atoms with van der Waals surface area (Å²) in [5.41, 5.74) is 12.5. The van der Waals surface area contributed by atoms with Crippen LogP contribution in [0.4, 0.5) is 11.4 Å². The Kier molecular flexibility index (Phi) is 2.46. The summed E-state index contributed by atoms with van der Waals surface area (Å²) in [7, 11) is 0. The van der Waals surface area contributed by atoms with Gasteiger partial charge in [0.25, 0.3) is 0 Å². The van der Waals surface area contributed by atoms with E-state index in [-0.39, 0.29) is 0 Å². The van der Waals surface area contributed by atoms with Gasteiger partial charge in [-0.3, -0.25) is 0 Å². The van der Waals surface area contributed by atoms with Gasteiger partial charge in [-0.1, -0.05) is 0 Å². The highest BCUT2D eigenvalue weighted by atomic mass is 32.2. The van der Waals surface area contributed by atoms with Gasteiger partial charge in [-0.05, 0) is 18.4 Å². The molecular weight excluding hydrogens is 170 g/mol. The highest BCUT2D eigenvalue weighted by Crippen LogP contribution is 2.28. The van der Waals surface area contributed by atoms with Gasteiger partial charge in [0.05, 0.1) is 16.9 Å². The lowest BCUT2D eigenvalue weighted by atomic mass is 10.2. The fourth-order valence-electron chi connectivity index (χ4n) is 0.901. The Morgan fingerprint density at radius 1 is 1.42 bits per heavy atom. The van der Waals surface area contributed by atoms with Gasteiger partial charge in [0, 0.05) is 4.90 Å². The second-order valence-corrected chi connectivity index (χ2v) is 3.11. The van der Waals surface area contributed by atoms with Crippen LogP contribution in [0.15, 0.2) is 17.0 Å². The molecule has 0 spiro atoms. The maximum atomic E-state index is 8.76. The first-order valence-electron chi connectivity index (χ1n) is 3.32. The van der Waals surface area contributed by atoms with Gasteiger partial charge in [-0.15, -0.1) is 11.8 Å². The summed E-state index contributed by atoms with van der Waals surface area (Å²) < 4.78 is 0. The highest BCUT2D eigenvalue weighted by molar-refractivity contribution is 7.98. The minimum Gasteiger partial charge on any atom is -0.397 e. The van der Waals surface area contributed by atoms with Gasteiger partial charge in [-0.25, -0.2) is 0 Å². The predicted octanol–water partition coefficient (Wildman–Crippen LogP) is 1.44. The zero-order valence-corrected chi connectivity index (χ0v) is 7.48. The topological polar surface area (TPSA) is 75.8 Å². The molecule has 0 unspecified atom stereocenters. The summed E-state index contributed by atoms with van der Waals surface area (Å²) in [4.78, 5) is 0.865. The van der Waals surface area contributed by atoms with Crippen molar-refractivity contribution >= 4 is 23.1 Å². The number of hydrogen-bond acceptors (Lipinski definition) is 4. The van der Waals surface area contributed by atoms with Crippen molar-refractivity contribution in [2.45, 2.75) is 4.90 Å². The van der Waals surface area contributed by atoms with Crippen molar-refractivity contribution in [2.24, 2.45) is 0 Å². The Morgan fingerprint density at radius 3 is 2.58 bits per heavy atom. The van der Waals surface area contributed by atoms with Crippen molar-refractivity contribution in [1.82, 2.24) is 0 Å². The smallest absolute Gasteiger partial charge is 0.103 e. The molecule has 0 fully saturated rings. The molecule has 62 valence electrons. The van der Waals surface area contributed by atoms with Crippen LogP contribution in [0.3, 0.4) is 0 Å². The lowest BCUT2D eigenvalue weighted by molar-refractivity contribution is 1.37. The van der Waals surface area contributed by atoms with E-state index in [4.69, 9.17) is 16.7 Å². The summed E-state index contributed by atoms with van der Waals surface area (Å²) in [6.45, 7) is 0. The van der Waals surface area contributed by atoms with Crippen molar-refractivity contribution in [3.8, 4) is 6.07 Å². The second-order valence-electron chi connectivity index (χ2n) is 2.26. The van der Waals surface area contributed by atoms with Crippen LogP contribution in [0.1, 0.15) is 5.56 Å². The summed E-state index contributed by atoms with van der Waals surface area (Å²) in [6, 6.07) is 5.54. The number of benzene rings is 1. The van der Waals surface area contributed by atoms with E-state index in [0.717, 1.165) is 4.90 Å². The first kappa shape index (κ1) is 8.75. The minimum atomic E-state index is 0.379. The number of hydrogen-bond donors (Lipinski definition) is 2. The quantitative estimate of drug-likeness (QED) is 0.505. The molecule has 0 aliphatic carbocycles. The molecule has 0 radical (unpaired) electrons. The number of rotatable bonds is 1. The molecule has 12 heavy (non-hydrogen) atoms. The van der Waals surface area contributed by atoms with E-state index in [1.807, 2.05) is 12.3 Å². The fourth-order valence-corrected chi connectivity index (χ4v) is 1.46. The molecule has 1 rings (SSSR count). The third-order valence-corrected chi connectivity index (χ3v) is 2.35. The summed E-state index contributed by atoms with van der Waals surface area (Å²) in [5, 5.41) is 8.76. The molecule has 0 heterocycles. The Morgan fingerprint density at radius 2 is 2.08 bits per heavy atom. The highest BCUT2D eigenvalue weighted by Gasteiger charge is 2.06. The number of nitrogen functional groups attached to an aromatic ring is 2. The number of anilines is 2. The Bertz CT molecular complexity index is 341. The van der Waals surface area contributed by atoms with Crippen LogP contribution >= 0.6 is 11.8 Å². The molecule has 0 aliphatic rings. The summed E-state index contributed by atoms with van der Waals surface area (Å²) in [5.74, 6) is 0. The Labute approximate surface area is 75.4 Å². The van der Waals surface area contributed by atoms with Crippen LogP contribution < -0.4 is 11.5 Å². The normalized spacial score (nSPS) is 9.33. The number of nitriles is 1. The lowest BCUT2D eigenvalue weighted by Crippen LogP contribution is -1.98. The monoisotopic (exact) mass is 179 g/mol. The zero-order chi connectivity index (χ0) is 9.14. The molecule has 0 amide bonds. The van der Waals surface area contributed by atoms with Gasteiger partial charge in [-0.2, -0.15) is 5.26 Å². The van der Waals surface area contributed by atoms with Gasteiger partial charge in [0.2, 0.25) is 0 Å². The van der Waals surface area contributed by atoms with E-state index in [2.05, 4.69) is 0 Å². The third-order valence-electron chi connectivity index (χ3n) is 1.57. The van der Waals surface area contributed by atoms with Crippen molar-refractivity contribution in [3.05, 3.63) is 17.7 Å². The fraction of sp³-hybridized carbons (Fsp3) is 0.125. The Balaban J connectivity index is 3.38. The molecule has 3 nitrogen and oxygen atoms in total. The lowest BCUT2D eigenvalue weighted by Gasteiger charge is -2.05.